The van der Waals surface area contributed by atoms with Crippen LogP contribution in [0.25, 0.3) is 0 Å². The molecule has 2 N–H and O–H groups in total. The molecule has 1 fully saturated rings. The maximum atomic E-state index is 5.57. The topological polar surface area (TPSA) is 35.2 Å². The van der Waals surface area contributed by atoms with Gasteiger partial charge in [0.25, 0.3) is 0 Å². The van der Waals surface area contributed by atoms with Crippen LogP contribution in [0.15, 0.2) is 0 Å². The minimum absolute atomic E-state index is 0.398. The fourth-order valence-electron chi connectivity index (χ4n) is 1.02. The largest absolute Gasteiger partial charge is 0.381 e. The van der Waals surface area contributed by atoms with Gasteiger partial charge in [-0.2, -0.15) is 0 Å². The highest BCUT2D eigenvalue weighted by atomic mass is 16.5. The van der Waals surface area contributed by atoms with E-state index in [-0.39, 0.29) is 0 Å². The lowest BCUT2D eigenvalue weighted by Gasteiger charge is -2.11. The van der Waals surface area contributed by atoms with Crippen molar-refractivity contribution in [3.05, 3.63) is 0 Å². The molecule has 0 aromatic heterocycles. The van der Waals surface area contributed by atoms with E-state index in [9.17, 15) is 0 Å². The van der Waals surface area contributed by atoms with Crippen molar-refractivity contribution in [2.24, 2.45) is 11.1 Å². The molecule has 0 bridgehead atoms. The van der Waals surface area contributed by atoms with Gasteiger partial charge >= 0.3 is 0 Å². The molecule has 1 aliphatic carbocycles. The fraction of sp³-hybridized carbons (Fsp3) is 1.00. The molecule has 0 aliphatic heterocycles. The third kappa shape index (κ3) is 1.96. The zero-order chi connectivity index (χ0) is 7.45. The molecule has 0 heterocycles. The van der Waals surface area contributed by atoms with Crippen LogP contribution in [0.1, 0.15) is 26.2 Å². The van der Waals surface area contributed by atoms with E-state index in [0.29, 0.717) is 5.41 Å². The summed E-state index contributed by atoms with van der Waals surface area (Å²) in [5.41, 5.74) is 5.97. The first-order chi connectivity index (χ1) is 4.83. The molecule has 1 aliphatic rings. The minimum atomic E-state index is 0.398. The van der Waals surface area contributed by atoms with Gasteiger partial charge in [0.1, 0.15) is 0 Å². The summed E-state index contributed by atoms with van der Waals surface area (Å²) in [6, 6.07) is 0. The van der Waals surface area contributed by atoms with Crippen LogP contribution < -0.4 is 5.73 Å². The third-order valence-corrected chi connectivity index (χ3v) is 2.15. The van der Waals surface area contributed by atoms with E-state index in [1.165, 1.54) is 12.8 Å². The second-order valence-electron chi connectivity index (χ2n) is 3.26. The molecule has 1 rings (SSSR count). The van der Waals surface area contributed by atoms with Crippen LogP contribution in [0.2, 0.25) is 0 Å². The molecular weight excluding hydrogens is 126 g/mol. The second kappa shape index (κ2) is 3.35. The van der Waals surface area contributed by atoms with E-state index >= 15 is 0 Å². The average Bonchev–Trinajstić information content (AvgIpc) is 2.70. The van der Waals surface area contributed by atoms with Gasteiger partial charge in [-0.05, 0) is 19.3 Å². The Morgan fingerprint density at radius 1 is 1.50 bits per heavy atom. The number of hydrogen-bond acceptors (Lipinski definition) is 2. The molecule has 2 nitrogen and oxygen atoms in total. The first-order valence-corrected chi connectivity index (χ1v) is 4.11. The van der Waals surface area contributed by atoms with Gasteiger partial charge in [-0.15, -0.1) is 0 Å². The molecule has 0 saturated heterocycles. The predicted molar refractivity (Wildman–Crippen MR) is 41.8 cm³/mol. The molecule has 0 unspecified atom stereocenters. The molecule has 60 valence electrons. The van der Waals surface area contributed by atoms with Crippen molar-refractivity contribution < 1.29 is 4.74 Å². The van der Waals surface area contributed by atoms with E-state index in [2.05, 4.69) is 6.92 Å². The standard InChI is InChI=1S/C8H17NO/c1-2-5-10-7-8(6-9)3-4-8/h2-7,9H2,1H3. The van der Waals surface area contributed by atoms with E-state index in [0.717, 1.165) is 26.2 Å². The average molecular weight is 143 g/mol. The summed E-state index contributed by atoms with van der Waals surface area (Å²) >= 11 is 0. The lowest BCUT2D eigenvalue weighted by molar-refractivity contribution is 0.0935. The molecule has 2 heteroatoms. The van der Waals surface area contributed by atoms with Gasteiger partial charge in [-0.1, -0.05) is 6.92 Å². The van der Waals surface area contributed by atoms with Crippen molar-refractivity contribution in [3.8, 4) is 0 Å². The van der Waals surface area contributed by atoms with Crippen LogP contribution >= 0.6 is 0 Å². The Balaban J connectivity index is 2.01. The zero-order valence-corrected chi connectivity index (χ0v) is 6.73. The van der Waals surface area contributed by atoms with Gasteiger partial charge in [-0.3, -0.25) is 0 Å². The van der Waals surface area contributed by atoms with Gasteiger partial charge in [-0.25, -0.2) is 0 Å². The molecule has 0 spiro atoms. The minimum Gasteiger partial charge on any atom is -0.381 e. The first-order valence-electron chi connectivity index (χ1n) is 4.11. The summed E-state index contributed by atoms with van der Waals surface area (Å²) in [6.45, 7) is 4.71. The lowest BCUT2D eigenvalue weighted by Crippen LogP contribution is -2.21. The van der Waals surface area contributed by atoms with E-state index in [1.54, 1.807) is 0 Å². The number of nitrogens with two attached hydrogens (primary N) is 1. The van der Waals surface area contributed by atoms with Crippen LogP contribution in [-0.2, 0) is 4.74 Å². The Kier molecular flexibility index (Phi) is 2.69. The SMILES string of the molecule is CCCOCC1(CN)CC1. The van der Waals surface area contributed by atoms with Gasteiger partial charge in [0.2, 0.25) is 0 Å². The highest BCUT2D eigenvalue weighted by molar-refractivity contribution is 4.93. The fourth-order valence-corrected chi connectivity index (χ4v) is 1.02. The van der Waals surface area contributed by atoms with Gasteiger partial charge in [0.05, 0.1) is 6.61 Å². The highest BCUT2D eigenvalue weighted by Gasteiger charge is 2.41. The Hall–Kier alpha value is -0.0800. The van der Waals surface area contributed by atoms with Crippen LogP contribution in [0.4, 0.5) is 0 Å². The van der Waals surface area contributed by atoms with E-state index < -0.39 is 0 Å². The summed E-state index contributed by atoms with van der Waals surface area (Å²) in [7, 11) is 0. The summed E-state index contributed by atoms with van der Waals surface area (Å²) in [5, 5.41) is 0. The summed E-state index contributed by atoms with van der Waals surface area (Å²) in [4.78, 5) is 0. The second-order valence-corrected chi connectivity index (χ2v) is 3.26. The molecule has 0 amide bonds. The van der Waals surface area contributed by atoms with Crippen molar-refractivity contribution in [2.45, 2.75) is 26.2 Å². The molecule has 0 aromatic carbocycles. The molecule has 0 radical (unpaired) electrons. The van der Waals surface area contributed by atoms with Gasteiger partial charge < -0.3 is 10.5 Å². The Bertz CT molecular complexity index is 99.4. The normalized spacial score (nSPS) is 21.0. The predicted octanol–water partition coefficient (Wildman–Crippen LogP) is 1.15. The Morgan fingerprint density at radius 3 is 2.60 bits per heavy atom. The zero-order valence-electron chi connectivity index (χ0n) is 6.73. The monoisotopic (exact) mass is 143 g/mol. The number of hydrogen-bond donors (Lipinski definition) is 1. The summed E-state index contributed by atoms with van der Waals surface area (Å²) < 4.78 is 5.42. The molecule has 0 aromatic rings. The molecule has 10 heavy (non-hydrogen) atoms. The smallest absolute Gasteiger partial charge is 0.0534 e. The van der Waals surface area contributed by atoms with Crippen molar-refractivity contribution in [1.82, 2.24) is 0 Å². The maximum Gasteiger partial charge on any atom is 0.0534 e. The molecular formula is C8H17NO. The molecule has 1 saturated carbocycles. The van der Waals surface area contributed by atoms with E-state index in [4.69, 9.17) is 10.5 Å². The number of rotatable bonds is 5. The maximum absolute atomic E-state index is 5.57. The third-order valence-electron chi connectivity index (χ3n) is 2.15. The van der Waals surface area contributed by atoms with Crippen molar-refractivity contribution in [3.63, 3.8) is 0 Å². The summed E-state index contributed by atoms with van der Waals surface area (Å²) in [5.74, 6) is 0. The van der Waals surface area contributed by atoms with Crippen molar-refractivity contribution in [2.75, 3.05) is 19.8 Å². The van der Waals surface area contributed by atoms with Crippen LogP contribution in [0.5, 0.6) is 0 Å². The van der Waals surface area contributed by atoms with Crippen LogP contribution in [0, 0.1) is 5.41 Å². The van der Waals surface area contributed by atoms with Crippen molar-refractivity contribution >= 4 is 0 Å². The quantitative estimate of drug-likeness (QED) is 0.586. The van der Waals surface area contributed by atoms with Crippen LogP contribution in [-0.4, -0.2) is 19.8 Å². The van der Waals surface area contributed by atoms with Crippen LogP contribution in [0.3, 0.4) is 0 Å². The Morgan fingerprint density at radius 2 is 2.20 bits per heavy atom. The number of ether oxygens (including phenoxy) is 1. The lowest BCUT2D eigenvalue weighted by atomic mass is 10.1. The Labute approximate surface area is 62.7 Å². The van der Waals surface area contributed by atoms with Gasteiger partial charge in [0, 0.05) is 18.6 Å². The van der Waals surface area contributed by atoms with E-state index in [1.807, 2.05) is 0 Å². The summed E-state index contributed by atoms with van der Waals surface area (Å²) in [6.07, 6.45) is 3.65. The molecule has 0 atom stereocenters. The first kappa shape index (κ1) is 8.02. The van der Waals surface area contributed by atoms with Gasteiger partial charge in [0.15, 0.2) is 0 Å². The highest BCUT2D eigenvalue weighted by Crippen LogP contribution is 2.44. The van der Waals surface area contributed by atoms with Crippen molar-refractivity contribution in [1.29, 1.82) is 0 Å².